The predicted octanol–water partition coefficient (Wildman–Crippen LogP) is 0.220. The second-order valence-corrected chi connectivity index (χ2v) is 5.66. The molecular formula is C12H26N2O6P+. The standard InChI is InChI=1S/C12H25N2O6P/c1-4-8-19-12(15)13-5-9-18-10-6-14(2,3)7-11-20-21(16)17/h4,16-17H,1,5-11H2,2-3H3/p+1. The molecule has 0 unspecified atom stereocenters. The van der Waals surface area contributed by atoms with E-state index in [1.807, 2.05) is 14.1 Å². The molecule has 0 aromatic rings. The molecule has 0 aromatic heterocycles. The first-order valence-electron chi connectivity index (χ1n) is 6.59. The van der Waals surface area contributed by atoms with Gasteiger partial charge in [-0.1, -0.05) is 12.7 Å². The van der Waals surface area contributed by atoms with Crippen molar-refractivity contribution in [1.82, 2.24) is 5.32 Å². The van der Waals surface area contributed by atoms with Gasteiger partial charge in [0.05, 0.1) is 27.3 Å². The summed E-state index contributed by atoms with van der Waals surface area (Å²) < 4.78 is 15.5. The third-order valence-corrected chi connectivity index (χ3v) is 3.01. The van der Waals surface area contributed by atoms with Gasteiger partial charge < -0.3 is 33.6 Å². The van der Waals surface area contributed by atoms with Crippen LogP contribution >= 0.6 is 8.60 Å². The normalized spacial score (nSPS) is 11.5. The topological polar surface area (TPSA) is 97.3 Å². The molecule has 3 N–H and O–H groups in total. The number of hydrogen-bond donors (Lipinski definition) is 3. The van der Waals surface area contributed by atoms with Crippen LogP contribution in [0, 0.1) is 0 Å². The van der Waals surface area contributed by atoms with Gasteiger partial charge in [-0.25, -0.2) is 4.79 Å². The molecule has 0 rings (SSSR count). The zero-order valence-corrected chi connectivity index (χ0v) is 13.6. The summed E-state index contributed by atoms with van der Waals surface area (Å²) in [5.74, 6) is 0. The first-order valence-corrected chi connectivity index (χ1v) is 7.76. The van der Waals surface area contributed by atoms with E-state index in [1.54, 1.807) is 0 Å². The summed E-state index contributed by atoms with van der Waals surface area (Å²) in [7, 11) is 1.70. The maximum absolute atomic E-state index is 11.1. The fraction of sp³-hybridized carbons (Fsp3) is 0.750. The lowest BCUT2D eigenvalue weighted by atomic mass is 10.4. The molecule has 0 saturated carbocycles. The Balaban J connectivity index is 3.52. The van der Waals surface area contributed by atoms with Crippen molar-refractivity contribution >= 4 is 14.7 Å². The smallest absolute Gasteiger partial charge is 0.407 e. The molecule has 0 aliphatic rings. The molecule has 124 valence electrons. The van der Waals surface area contributed by atoms with Crippen LogP contribution in [0.2, 0.25) is 0 Å². The number of carbonyl (C=O) groups is 1. The number of likely N-dealkylation sites (N-methyl/N-ethyl adjacent to an activating group) is 1. The minimum atomic E-state index is -2.28. The van der Waals surface area contributed by atoms with Crippen LogP contribution in [0.25, 0.3) is 0 Å². The molecule has 0 heterocycles. The quantitative estimate of drug-likeness (QED) is 0.206. The van der Waals surface area contributed by atoms with Crippen molar-refractivity contribution in [3.63, 3.8) is 0 Å². The number of hydrogen-bond acceptors (Lipinski definition) is 6. The molecule has 0 saturated heterocycles. The van der Waals surface area contributed by atoms with Crippen molar-refractivity contribution in [1.29, 1.82) is 0 Å². The minimum Gasteiger partial charge on any atom is -0.445 e. The fourth-order valence-corrected chi connectivity index (χ4v) is 1.55. The molecule has 21 heavy (non-hydrogen) atoms. The van der Waals surface area contributed by atoms with E-state index in [0.29, 0.717) is 30.8 Å². The lowest BCUT2D eigenvalue weighted by Crippen LogP contribution is -2.44. The van der Waals surface area contributed by atoms with Crippen molar-refractivity contribution in [2.45, 2.75) is 0 Å². The lowest BCUT2D eigenvalue weighted by molar-refractivity contribution is -0.890. The zero-order chi connectivity index (χ0) is 16.1. The van der Waals surface area contributed by atoms with Gasteiger partial charge in [-0.2, -0.15) is 0 Å². The highest BCUT2D eigenvalue weighted by molar-refractivity contribution is 7.39. The van der Waals surface area contributed by atoms with Crippen LogP contribution in [-0.4, -0.2) is 80.5 Å². The molecule has 1 amide bonds. The van der Waals surface area contributed by atoms with Crippen molar-refractivity contribution in [3.8, 4) is 0 Å². The van der Waals surface area contributed by atoms with Crippen molar-refractivity contribution < 1.29 is 33.1 Å². The molecule has 0 aromatic carbocycles. The largest absolute Gasteiger partial charge is 0.445 e. The van der Waals surface area contributed by atoms with Gasteiger partial charge in [0, 0.05) is 6.54 Å². The number of amides is 1. The predicted molar refractivity (Wildman–Crippen MR) is 79.5 cm³/mol. The maximum atomic E-state index is 11.1. The lowest BCUT2D eigenvalue weighted by Gasteiger charge is -2.29. The van der Waals surface area contributed by atoms with E-state index >= 15 is 0 Å². The summed E-state index contributed by atoms with van der Waals surface area (Å²) in [6.45, 7) is 6.62. The molecule has 0 bridgehead atoms. The Morgan fingerprint density at radius 1 is 1.29 bits per heavy atom. The molecule has 0 fully saturated rings. The van der Waals surface area contributed by atoms with Crippen LogP contribution in [0.3, 0.4) is 0 Å². The Morgan fingerprint density at radius 3 is 2.57 bits per heavy atom. The fourth-order valence-electron chi connectivity index (χ4n) is 1.31. The summed E-state index contributed by atoms with van der Waals surface area (Å²) in [6, 6.07) is 0. The van der Waals surface area contributed by atoms with Crippen LogP contribution in [0.4, 0.5) is 4.79 Å². The number of nitrogens with zero attached hydrogens (tertiary/aromatic N) is 1. The summed E-state index contributed by atoms with van der Waals surface area (Å²) in [5, 5.41) is 2.55. The van der Waals surface area contributed by atoms with E-state index in [1.165, 1.54) is 6.08 Å². The highest BCUT2D eigenvalue weighted by Crippen LogP contribution is 2.23. The van der Waals surface area contributed by atoms with Crippen LogP contribution in [0.5, 0.6) is 0 Å². The van der Waals surface area contributed by atoms with Gasteiger partial charge in [0.2, 0.25) is 0 Å². The number of ether oxygens (including phenoxy) is 2. The summed E-state index contributed by atoms with van der Waals surface area (Å²) in [4.78, 5) is 28.3. The summed E-state index contributed by atoms with van der Waals surface area (Å²) in [6.07, 6.45) is 1.01. The van der Waals surface area contributed by atoms with Gasteiger partial charge in [-0.05, 0) is 0 Å². The van der Waals surface area contributed by atoms with Crippen LogP contribution < -0.4 is 5.32 Å². The van der Waals surface area contributed by atoms with Gasteiger partial charge in [0.1, 0.15) is 26.3 Å². The van der Waals surface area contributed by atoms with E-state index in [9.17, 15) is 4.79 Å². The average molecular weight is 325 g/mol. The van der Waals surface area contributed by atoms with E-state index < -0.39 is 14.7 Å². The highest BCUT2D eigenvalue weighted by atomic mass is 31.2. The van der Waals surface area contributed by atoms with Crippen LogP contribution in [-0.2, 0) is 14.0 Å². The Bertz CT molecular complexity index is 301. The van der Waals surface area contributed by atoms with Crippen LogP contribution in [0.15, 0.2) is 12.7 Å². The maximum Gasteiger partial charge on any atom is 0.407 e. The van der Waals surface area contributed by atoms with Gasteiger partial charge in [-0.15, -0.1) is 0 Å². The first kappa shape index (κ1) is 20.2. The number of quaternary nitrogens is 1. The van der Waals surface area contributed by atoms with Crippen molar-refractivity contribution in [3.05, 3.63) is 12.7 Å². The molecule has 0 atom stereocenters. The molecular weight excluding hydrogens is 299 g/mol. The number of rotatable bonds is 12. The number of alkyl carbamates (subject to hydrolysis) is 1. The SMILES string of the molecule is C=CCOC(=O)NCCOCC[N+](C)(C)CCOP(O)O. The van der Waals surface area contributed by atoms with Crippen LogP contribution in [0.1, 0.15) is 0 Å². The monoisotopic (exact) mass is 325 g/mol. The van der Waals surface area contributed by atoms with Crippen molar-refractivity contribution in [2.24, 2.45) is 0 Å². The summed E-state index contributed by atoms with van der Waals surface area (Å²) in [5.41, 5.74) is 0. The van der Waals surface area contributed by atoms with Gasteiger partial charge in [0.25, 0.3) is 0 Å². The summed E-state index contributed by atoms with van der Waals surface area (Å²) >= 11 is 0. The van der Waals surface area contributed by atoms with Gasteiger partial charge >= 0.3 is 14.7 Å². The van der Waals surface area contributed by atoms with Crippen molar-refractivity contribution in [2.75, 3.05) is 60.2 Å². The zero-order valence-electron chi connectivity index (χ0n) is 12.7. The Labute approximate surface area is 126 Å². The van der Waals surface area contributed by atoms with E-state index in [2.05, 4.69) is 11.9 Å². The third-order valence-electron chi connectivity index (χ3n) is 2.59. The van der Waals surface area contributed by atoms with E-state index in [0.717, 1.165) is 6.54 Å². The second kappa shape index (κ2) is 11.9. The number of nitrogens with one attached hydrogen (secondary N) is 1. The first-order chi connectivity index (χ1) is 9.87. The second-order valence-electron chi connectivity index (χ2n) is 4.90. The van der Waals surface area contributed by atoms with Gasteiger partial charge in [0.15, 0.2) is 0 Å². The van der Waals surface area contributed by atoms with E-state index in [-0.39, 0.29) is 13.2 Å². The molecule has 8 nitrogen and oxygen atoms in total. The highest BCUT2D eigenvalue weighted by Gasteiger charge is 2.15. The van der Waals surface area contributed by atoms with E-state index in [4.69, 9.17) is 23.8 Å². The molecule has 0 spiro atoms. The Hall–Kier alpha value is -0.760. The Morgan fingerprint density at radius 2 is 1.95 bits per heavy atom. The molecule has 0 aliphatic carbocycles. The average Bonchev–Trinajstić information content (AvgIpc) is 2.39. The molecule has 0 aliphatic heterocycles. The number of carbonyl (C=O) groups excluding carboxylic acids is 1. The Kier molecular flexibility index (Phi) is 11.4. The minimum absolute atomic E-state index is 0.185. The molecule has 0 radical (unpaired) electrons. The van der Waals surface area contributed by atoms with Gasteiger partial charge in [-0.3, -0.25) is 0 Å². The third kappa shape index (κ3) is 14.0. The molecule has 9 heteroatoms.